The van der Waals surface area contributed by atoms with Crippen molar-refractivity contribution in [3.63, 3.8) is 0 Å². The molecular weight excluding hydrogens is 366 g/mol. The first kappa shape index (κ1) is 15.3. The number of nitrogens with one attached hydrogen (secondary N) is 1. The second kappa shape index (κ2) is 6.23. The number of benzene rings is 2. The van der Waals surface area contributed by atoms with Crippen molar-refractivity contribution in [2.75, 3.05) is 5.32 Å². The van der Waals surface area contributed by atoms with Crippen LogP contribution in [0, 0.1) is 5.92 Å². The lowest BCUT2D eigenvalue weighted by atomic mass is 10.0. The van der Waals surface area contributed by atoms with E-state index in [-0.39, 0.29) is 17.6 Å². The van der Waals surface area contributed by atoms with Crippen LogP contribution in [0.25, 0.3) is 0 Å². The van der Waals surface area contributed by atoms with Crippen LogP contribution < -0.4 is 5.32 Å². The van der Waals surface area contributed by atoms with Crippen LogP contribution in [0.5, 0.6) is 0 Å². The lowest BCUT2D eigenvalue weighted by Gasteiger charge is -2.11. The maximum Gasteiger partial charge on any atom is 0.227 e. The quantitative estimate of drug-likeness (QED) is 0.785. The standard InChI is InChI=1S/C17H13BrClNO2/c18-11-7-8-15(20-17(22)10-5-6-10)13(9-11)16(21)12-3-1-2-4-14(12)19/h1-4,7-10H,5-6H2,(H,20,22). The van der Waals surface area contributed by atoms with Crippen molar-refractivity contribution in [3.05, 3.63) is 63.1 Å². The van der Waals surface area contributed by atoms with E-state index in [0.717, 1.165) is 17.3 Å². The Morgan fingerprint density at radius 3 is 2.50 bits per heavy atom. The Hall–Kier alpha value is -1.65. The summed E-state index contributed by atoms with van der Waals surface area (Å²) in [4.78, 5) is 24.7. The highest BCUT2D eigenvalue weighted by atomic mass is 79.9. The molecule has 0 aromatic heterocycles. The molecule has 1 fully saturated rings. The van der Waals surface area contributed by atoms with Gasteiger partial charge in [-0.05, 0) is 43.2 Å². The van der Waals surface area contributed by atoms with Crippen LogP contribution in [-0.2, 0) is 4.79 Å². The predicted octanol–water partition coefficient (Wildman–Crippen LogP) is 4.68. The van der Waals surface area contributed by atoms with Gasteiger partial charge in [0, 0.05) is 21.5 Å². The van der Waals surface area contributed by atoms with Crippen LogP contribution in [0.2, 0.25) is 5.02 Å². The van der Waals surface area contributed by atoms with Gasteiger partial charge < -0.3 is 5.32 Å². The lowest BCUT2D eigenvalue weighted by Crippen LogP contribution is -2.16. The van der Waals surface area contributed by atoms with E-state index in [9.17, 15) is 9.59 Å². The van der Waals surface area contributed by atoms with Crippen LogP contribution >= 0.6 is 27.5 Å². The van der Waals surface area contributed by atoms with E-state index in [1.807, 2.05) is 0 Å². The maximum atomic E-state index is 12.8. The zero-order chi connectivity index (χ0) is 15.7. The number of hydrogen-bond donors (Lipinski definition) is 1. The Morgan fingerprint density at radius 2 is 1.82 bits per heavy atom. The van der Waals surface area contributed by atoms with Crippen molar-refractivity contribution in [1.82, 2.24) is 0 Å². The van der Waals surface area contributed by atoms with E-state index in [0.29, 0.717) is 21.8 Å². The first-order valence-electron chi connectivity index (χ1n) is 6.96. The Bertz CT molecular complexity index is 756. The van der Waals surface area contributed by atoms with E-state index in [2.05, 4.69) is 21.2 Å². The van der Waals surface area contributed by atoms with Crippen LogP contribution in [-0.4, -0.2) is 11.7 Å². The molecule has 0 heterocycles. The van der Waals surface area contributed by atoms with Gasteiger partial charge in [0.2, 0.25) is 5.91 Å². The first-order chi connectivity index (χ1) is 10.6. The highest BCUT2D eigenvalue weighted by Gasteiger charge is 2.30. The zero-order valence-corrected chi connectivity index (χ0v) is 13.9. The van der Waals surface area contributed by atoms with Gasteiger partial charge in [-0.3, -0.25) is 9.59 Å². The van der Waals surface area contributed by atoms with Crippen molar-refractivity contribution >= 4 is 44.9 Å². The van der Waals surface area contributed by atoms with Crippen LogP contribution in [0.3, 0.4) is 0 Å². The number of halogens is 2. The number of ketones is 1. The summed E-state index contributed by atoms with van der Waals surface area (Å²) in [6.45, 7) is 0. The Morgan fingerprint density at radius 1 is 1.09 bits per heavy atom. The van der Waals surface area contributed by atoms with Gasteiger partial charge in [-0.1, -0.05) is 39.7 Å². The summed E-state index contributed by atoms with van der Waals surface area (Å²) in [6, 6.07) is 12.1. The highest BCUT2D eigenvalue weighted by molar-refractivity contribution is 9.10. The molecule has 22 heavy (non-hydrogen) atoms. The molecule has 0 atom stereocenters. The third kappa shape index (κ3) is 3.23. The molecule has 0 spiro atoms. The molecule has 2 aromatic carbocycles. The summed E-state index contributed by atoms with van der Waals surface area (Å²) in [5.74, 6) is -0.166. The lowest BCUT2D eigenvalue weighted by molar-refractivity contribution is -0.117. The average Bonchev–Trinajstić information content (AvgIpc) is 3.33. The molecule has 1 saturated carbocycles. The van der Waals surface area contributed by atoms with Gasteiger partial charge in [0.1, 0.15) is 0 Å². The average molecular weight is 379 g/mol. The maximum absolute atomic E-state index is 12.8. The van der Waals surface area contributed by atoms with Crippen molar-refractivity contribution in [2.24, 2.45) is 5.92 Å². The highest BCUT2D eigenvalue weighted by Crippen LogP contribution is 2.32. The number of amides is 1. The fraction of sp³-hybridized carbons (Fsp3) is 0.176. The van der Waals surface area contributed by atoms with Crippen LogP contribution in [0.15, 0.2) is 46.9 Å². The zero-order valence-electron chi connectivity index (χ0n) is 11.6. The molecule has 1 aliphatic carbocycles. The normalized spacial score (nSPS) is 13.7. The summed E-state index contributed by atoms with van der Waals surface area (Å²) in [7, 11) is 0. The Balaban J connectivity index is 1.97. The molecule has 3 rings (SSSR count). The monoisotopic (exact) mass is 377 g/mol. The minimum absolute atomic E-state index is 0.0319. The second-order valence-corrected chi connectivity index (χ2v) is 6.59. The molecule has 5 heteroatoms. The van der Waals surface area contributed by atoms with Crippen LogP contribution in [0.4, 0.5) is 5.69 Å². The van der Waals surface area contributed by atoms with Gasteiger partial charge in [-0.15, -0.1) is 0 Å². The fourth-order valence-corrected chi connectivity index (χ4v) is 2.77. The largest absolute Gasteiger partial charge is 0.325 e. The summed E-state index contributed by atoms with van der Waals surface area (Å²) in [5, 5.41) is 3.24. The van der Waals surface area contributed by atoms with Gasteiger partial charge in [0.05, 0.1) is 10.7 Å². The van der Waals surface area contributed by atoms with E-state index in [1.165, 1.54) is 0 Å². The van der Waals surface area contributed by atoms with Gasteiger partial charge in [-0.2, -0.15) is 0 Å². The summed E-state index contributed by atoms with van der Waals surface area (Å²) >= 11 is 9.47. The van der Waals surface area contributed by atoms with Gasteiger partial charge in [-0.25, -0.2) is 0 Å². The Kier molecular flexibility index (Phi) is 4.32. The topological polar surface area (TPSA) is 46.2 Å². The molecule has 1 N–H and O–H groups in total. The number of hydrogen-bond acceptors (Lipinski definition) is 2. The molecule has 0 aliphatic heterocycles. The minimum atomic E-state index is -0.210. The molecule has 3 nitrogen and oxygen atoms in total. The van der Waals surface area contributed by atoms with Crippen molar-refractivity contribution in [3.8, 4) is 0 Å². The molecule has 0 bridgehead atoms. The molecule has 2 aromatic rings. The second-order valence-electron chi connectivity index (χ2n) is 5.26. The molecule has 0 saturated heterocycles. The number of carbonyl (C=O) groups is 2. The van der Waals surface area contributed by atoms with Crippen molar-refractivity contribution in [1.29, 1.82) is 0 Å². The van der Waals surface area contributed by atoms with Crippen molar-refractivity contribution < 1.29 is 9.59 Å². The Labute approximate surface area is 141 Å². The molecule has 0 radical (unpaired) electrons. The van der Waals surface area contributed by atoms with Gasteiger partial charge >= 0.3 is 0 Å². The molecule has 1 aliphatic rings. The minimum Gasteiger partial charge on any atom is -0.325 e. The summed E-state index contributed by atoms with van der Waals surface area (Å²) in [6.07, 6.45) is 1.83. The number of anilines is 1. The number of rotatable bonds is 4. The smallest absolute Gasteiger partial charge is 0.227 e. The van der Waals surface area contributed by atoms with E-state index in [4.69, 9.17) is 11.6 Å². The summed E-state index contributed by atoms with van der Waals surface area (Å²) in [5.41, 5.74) is 1.37. The summed E-state index contributed by atoms with van der Waals surface area (Å²) < 4.78 is 0.771. The molecule has 1 amide bonds. The van der Waals surface area contributed by atoms with Gasteiger partial charge in [0.15, 0.2) is 5.78 Å². The molecule has 112 valence electrons. The third-order valence-electron chi connectivity index (χ3n) is 3.55. The van der Waals surface area contributed by atoms with E-state index < -0.39 is 0 Å². The van der Waals surface area contributed by atoms with E-state index >= 15 is 0 Å². The predicted molar refractivity (Wildman–Crippen MR) is 90.4 cm³/mol. The van der Waals surface area contributed by atoms with Crippen molar-refractivity contribution in [2.45, 2.75) is 12.8 Å². The van der Waals surface area contributed by atoms with E-state index in [1.54, 1.807) is 42.5 Å². The molecular formula is C17H13BrClNO2. The van der Waals surface area contributed by atoms with Gasteiger partial charge in [0.25, 0.3) is 0 Å². The first-order valence-corrected chi connectivity index (χ1v) is 8.13. The molecule has 0 unspecified atom stereocenters. The SMILES string of the molecule is O=C(c1ccccc1Cl)c1cc(Br)ccc1NC(=O)C1CC1. The third-order valence-corrected chi connectivity index (χ3v) is 4.37. The number of carbonyl (C=O) groups excluding carboxylic acids is 2. The van der Waals surface area contributed by atoms with Crippen LogP contribution in [0.1, 0.15) is 28.8 Å². The fourth-order valence-electron chi connectivity index (χ4n) is 2.18.